The maximum absolute atomic E-state index is 12.6. The zero-order valence-electron chi connectivity index (χ0n) is 16.9. The van der Waals surface area contributed by atoms with Crippen LogP contribution in [0.2, 0.25) is 0 Å². The van der Waals surface area contributed by atoms with E-state index in [4.69, 9.17) is 0 Å². The van der Waals surface area contributed by atoms with E-state index in [1.54, 1.807) is 11.5 Å². The number of carbonyl (C=O) groups is 1. The Kier molecular flexibility index (Phi) is 5.12. The third kappa shape index (κ3) is 3.62. The lowest BCUT2D eigenvalue weighted by Crippen LogP contribution is -2.25. The molecule has 0 N–H and O–H groups in total. The predicted molar refractivity (Wildman–Crippen MR) is 121 cm³/mol. The maximum atomic E-state index is 12.6. The van der Waals surface area contributed by atoms with E-state index in [-0.39, 0.29) is 0 Å². The first-order chi connectivity index (χ1) is 15.4. The van der Waals surface area contributed by atoms with Gasteiger partial charge in [0.1, 0.15) is 6.54 Å². The quantitative estimate of drug-likeness (QED) is 0.258. The molecule has 1 aliphatic carbocycles. The van der Waals surface area contributed by atoms with Gasteiger partial charge in [-0.15, -0.1) is 4.52 Å². The molecule has 0 amide bonds. The minimum atomic E-state index is -4.31. The molecule has 0 radical (unpaired) electrons. The number of hydrogen-bond donors (Lipinski definition) is 0. The van der Waals surface area contributed by atoms with Crippen molar-refractivity contribution in [2.24, 2.45) is 14.6 Å². The second kappa shape index (κ2) is 7.85. The minimum Gasteiger partial charge on any atom is -0.300 e. The van der Waals surface area contributed by atoms with E-state index in [9.17, 15) is 18.0 Å². The Morgan fingerprint density at radius 1 is 1.12 bits per heavy atom. The number of rotatable bonds is 3. The van der Waals surface area contributed by atoms with Crippen LogP contribution in [-0.4, -0.2) is 24.7 Å². The summed E-state index contributed by atoms with van der Waals surface area (Å²) in [5, 5.41) is 10.0. The summed E-state index contributed by atoms with van der Waals surface area (Å²) in [6, 6.07) is 13.9. The molecule has 3 aromatic rings. The first-order valence-electron chi connectivity index (χ1n) is 10.2. The molecule has 1 atom stereocenters. The van der Waals surface area contributed by atoms with Crippen LogP contribution >= 0.6 is 11.9 Å². The van der Waals surface area contributed by atoms with Gasteiger partial charge in [0.2, 0.25) is 0 Å². The average molecular weight is 453 g/mol. The van der Waals surface area contributed by atoms with Crippen molar-refractivity contribution in [1.29, 1.82) is 0 Å². The van der Waals surface area contributed by atoms with Crippen molar-refractivity contribution < 1.29 is 18.0 Å². The first-order valence-corrected chi connectivity index (χ1v) is 11.0. The molecule has 0 aromatic heterocycles. The first kappa shape index (κ1) is 20.9. The number of aldehydes is 1. The Morgan fingerprint density at radius 2 is 1.97 bits per heavy atom. The van der Waals surface area contributed by atoms with Crippen molar-refractivity contribution in [2.45, 2.75) is 31.0 Å². The van der Waals surface area contributed by atoms with Crippen molar-refractivity contribution in [1.82, 2.24) is 0 Å². The van der Waals surface area contributed by atoms with Crippen molar-refractivity contribution in [2.75, 3.05) is 6.54 Å². The molecular formula is C24H18F3N3OS. The zero-order chi connectivity index (χ0) is 22.3. The summed E-state index contributed by atoms with van der Waals surface area (Å²) < 4.78 is 41.9. The van der Waals surface area contributed by atoms with Gasteiger partial charge >= 0.3 is 6.18 Å². The SMILES string of the molecule is O=CC1(c2cc3ccccc3c3ccc4c(c23)CCC(=NCC(F)(F)F)C4)C=CSN=N1. The van der Waals surface area contributed by atoms with Crippen LogP contribution in [0.4, 0.5) is 13.2 Å². The van der Waals surface area contributed by atoms with Crippen LogP contribution in [0.3, 0.4) is 0 Å². The highest BCUT2D eigenvalue weighted by atomic mass is 32.2. The summed E-state index contributed by atoms with van der Waals surface area (Å²) in [4.78, 5) is 16.1. The maximum Gasteiger partial charge on any atom is 0.407 e. The smallest absolute Gasteiger partial charge is 0.300 e. The van der Waals surface area contributed by atoms with Crippen LogP contribution in [0.15, 0.2) is 68.6 Å². The number of aryl methyl sites for hydroxylation is 1. The molecule has 1 unspecified atom stereocenters. The van der Waals surface area contributed by atoms with Crippen LogP contribution in [-0.2, 0) is 23.2 Å². The average Bonchev–Trinajstić information content (AvgIpc) is 2.81. The molecule has 3 aromatic carbocycles. The van der Waals surface area contributed by atoms with Crippen LogP contribution < -0.4 is 0 Å². The highest BCUT2D eigenvalue weighted by Gasteiger charge is 2.35. The van der Waals surface area contributed by atoms with E-state index in [1.165, 1.54) is 0 Å². The van der Waals surface area contributed by atoms with E-state index in [1.807, 2.05) is 42.5 Å². The van der Waals surface area contributed by atoms with Gasteiger partial charge < -0.3 is 0 Å². The van der Waals surface area contributed by atoms with Crippen molar-refractivity contribution in [3.8, 4) is 0 Å². The fourth-order valence-corrected chi connectivity index (χ4v) is 5.06. The van der Waals surface area contributed by atoms with Gasteiger partial charge in [0, 0.05) is 29.6 Å². The predicted octanol–water partition coefficient (Wildman–Crippen LogP) is 6.51. The number of alkyl halides is 3. The molecular weight excluding hydrogens is 435 g/mol. The summed E-state index contributed by atoms with van der Waals surface area (Å²) in [6.45, 7) is -1.15. The summed E-state index contributed by atoms with van der Waals surface area (Å²) in [5.74, 6) is 0. The third-order valence-corrected chi connectivity index (χ3v) is 6.45. The van der Waals surface area contributed by atoms with Gasteiger partial charge in [-0.2, -0.15) is 18.3 Å². The third-order valence-electron chi connectivity index (χ3n) is 6.02. The molecule has 0 fully saturated rings. The summed E-state index contributed by atoms with van der Waals surface area (Å²) >= 11 is 1.16. The van der Waals surface area contributed by atoms with Crippen LogP contribution in [0.1, 0.15) is 23.1 Å². The van der Waals surface area contributed by atoms with Gasteiger partial charge in [-0.05, 0) is 63.1 Å². The van der Waals surface area contributed by atoms with E-state index >= 15 is 0 Å². The fraction of sp³-hybridized carbons (Fsp3) is 0.250. The minimum absolute atomic E-state index is 0.370. The van der Waals surface area contributed by atoms with Crippen molar-refractivity contribution in [3.63, 3.8) is 0 Å². The highest BCUT2D eigenvalue weighted by molar-refractivity contribution is 8.00. The number of hydrogen-bond acceptors (Lipinski definition) is 5. The zero-order valence-corrected chi connectivity index (χ0v) is 17.7. The number of carbonyl (C=O) groups excluding carboxylic acids is 1. The van der Waals surface area contributed by atoms with Gasteiger partial charge in [0.15, 0.2) is 11.8 Å². The molecule has 162 valence electrons. The summed E-state index contributed by atoms with van der Waals surface area (Å²) in [7, 11) is 0. The number of halogens is 3. The molecule has 2 aliphatic rings. The Bertz CT molecular complexity index is 1320. The molecule has 8 heteroatoms. The number of fused-ring (bicyclic) bond motifs is 5. The summed E-state index contributed by atoms with van der Waals surface area (Å²) in [5.41, 5.74) is 2.04. The fourth-order valence-electron chi connectivity index (χ4n) is 4.56. The Morgan fingerprint density at radius 3 is 2.72 bits per heavy atom. The van der Waals surface area contributed by atoms with E-state index < -0.39 is 18.3 Å². The Labute approximate surface area is 186 Å². The van der Waals surface area contributed by atoms with E-state index in [2.05, 4.69) is 14.6 Å². The lowest BCUT2D eigenvalue weighted by atomic mass is 9.79. The molecule has 1 aliphatic heterocycles. The number of benzene rings is 3. The second-order valence-corrected chi connectivity index (χ2v) is 8.62. The Hall–Kier alpha value is -3.00. The summed E-state index contributed by atoms with van der Waals surface area (Å²) in [6.07, 6.45) is -0.381. The standard InChI is InChI=1S/C24H18F3N3OS/c25-24(26,27)13-28-17-6-8-19-16(11-17)5-7-20-18-4-2-1-3-15(18)12-21(22(19)20)23(14-31)9-10-32-30-29-23/h1-5,7,9-10,12,14H,6,8,11,13H2. The van der Waals surface area contributed by atoms with Crippen LogP contribution in [0.5, 0.6) is 0 Å². The molecule has 0 spiro atoms. The van der Waals surface area contributed by atoms with Crippen molar-refractivity contribution in [3.05, 3.63) is 70.6 Å². The molecule has 0 saturated heterocycles. The molecule has 5 rings (SSSR count). The van der Waals surface area contributed by atoms with Gasteiger partial charge in [-0.25, -0.2) is 0 Å². The number of nitrogens with zero attached hydrogens (tertiary/aromatic N) is 3. The molecule has 4 nitrogen and oxygen atoms in total. The van der Waals surface area contributed by atoms with Gasteiger partial charge in [-0.3, -0.25) is 9.79 Å². The van der Waals surface area contributed by atoms with Gasteiger partial charge in [0.25, 0.3) is 0 Å². The van der Waals surface area contributed by atoms with Gasteiger partial charge in [0.05, 0.1) is 0 Å². The largest absolute Gasteiger partial charge is 0.407 e. The lowest BCUT2D eigenvalue weighted by molar-refractivity contribution is -0.118. The second-order valence-electron chi connectivity index (χ2n) is 7.98. The van der Waals surface area contributed by atoms with Crippen LogP contribution in [0, 0.1) is 0 Å². The lowest BCUT2D eigenvalue weighted by Gasteiger charge is -2.27. The molecule has 0 bridgehead atoms. The monoisotopic (exact) mass is 453 g/mol. The van der Waals surface area contributed by atoms with E-state index in [0.717, 1.165) is 56.5 Å². The topological polar surface area (TPSA) is 54.1 Å². The van der Waals surface area contributed by atoms with Crippen LogP contribution in [0.25, 0.3) is 21.5 Å². The number of aliphatic imine (C=N–C) groups is 1. The molecule has 32 heavy (non-hydrogen) atoms. The van der Waals surface area contributed by atoms with Crippen molar-refractivity contribution >= 4 is 45.5 Å². The normalized spacial score (nSPS) is 21.9. The highest BCUT2D eigenvalue weighted by Crippen LogP contribution is 2.42. The van der Waals surface area contributed by atoms with Gasteiger partial charge in [-0.1, -0.05) is 36.4 Å². The van der Waals surface area contributed by atoms with E-state index in [0.29, 0.717) is 25.0 Å². The molecule has 0 saturated carbocycles. The molecule has 1 heterocycles. The Balaban J connectivity index is 1.75.